The molecule has 6 heteroatoms. The van der Waals surface area contributed by atoms with Crippen molar-refractivity contribution in [2.24, 2.45) is 11.7 Å². The minimum absolute atomic E-state index is 0.0370. The molecule has 2 amide bonds. The third-order valence-electron chi connectivity index (χ3n) is 3.99. The van der Waals surface area contributed by atoms with Crippen LogP contribution in [-0.2, 0) is 4.79 Å². The van der Waals surface area contributed by atoms with Crippen LogP contribution >= 0.6 is 0 Å². The third-order valence-corrected chi connectivity index (χ3v) is 3.99. The number of nitrogens with two attached hydrogens (primary N) is 1. The van der Waals surface area contributed by atoms with E-state index in [0.717, 1.165) is 19.3 Å². The Labute approximate surface area is 143 Å². The lowest BCUT2D eigenvalue weighted by molar-refractivity contribution is -0.120. The molecule has 0 aliphatic carbocycles. The molecular weight excluding hydrogens is 308 g/mol. The van der Waals surface area contributed by atoms with Crippen LogP contribution in [0.3, 0.4) is 0 Å². The van der Waals surface area contributed by atoms with E-state index in [4.69, 9.17) is 15.2 Å². The average molecular weight is 336 g/mol. The molecule has 0 fully saturated rings. The van der Waals surface area contributed by atoms with Crippen molar-refractivity contribution in [1.82, 2.24) is 5.32 Å². The van der Waals surface area contributed by atoms with Crippen molar-refractivity contribution in [3.63, 3.8) is 0 Å². The van der Waals surface area contributed by atoms with Gasteiger partial charge in [0.1, 0.15) is 6.04 Å². The smallest absolute Gasteiger partial charge is 0.252 e. The number of nitrogens with one attached hydrogen (secondary N) is 1. The Morgan fingerprint density at radius 2 is 1.96 bits per heavy atom. The Morgan fingerprint density at radius 1 is 1.25 bits per heavy atom. The lowest BCUT2D eigenvalue weighted by Crippen LogP contribution is -2.48. The van der Waals surface area contributed by atoms with Gasteiger partial charge in [0.25, 0.3) is 5.91 Å². The molecule has 3 N–H and O–H groups in total. The fourth-order valence-corrected chi connectivity index (χ4v) is 2.21. The summed E-state index contributed by atoms with van der Waals surface area (Å²) >= 11 is 0. The van der Waals surface area contributed by atoms with Crippen molar-refractivity contribution in [3.05, 3.63) is 23.8 Å². The van der Waals surface area contributed by atoms with Gasteiger partial charge in [0.2, 0.25) is 5.91 Å². The molecular formula is C18H28N2O4. The molecule has 0 bridgehead atoms. The molecule has 0 heterocycles. The Morgan fingerprint density at radius 3 is 2.50 bits per heavy atom. The summed E-state index contributed by atoms with van der Waals surface area (Å²) in [4.78, 5) is 24.0. The summed E-state index contributed by atoms with van der Waals surface area (Å²) in [5.41, 5.74) is 5.78. The normalized spacial score (nSPS) is 13.0. The first-order valence-electron chi connectivity index (χ1n) is 8.35. The van der Waals surface area contributed by atoms with E-state index in [9.17, 15) is 9.59 Å². The summed E-state index contributed by atoms with van der Waals surface area (Å²) in [5.74, 6) is 0.139. The maximum Gasteiger partial charge on any atom is 0.252 e. The van der Waals surface area contributed by atoms with Crippen LogP contribution in [0.25, 0.3) is 0 Å². The number of carbonyl (C=O) groups is 2. The van der Waals surface area contributed by atoms with E-state index in [1.54, 1.807) is 18.2 Å². The first kappa shape index (κ1) is 19.8. The predicted octanol–water partition coefficient (Wildman–Crippen LogP) is 2.50. The maximum absolute atomic E-state index is 12.4. The van der Waals surface area contributed by atoms with Crippen LogP contribution in [-0.4, -0.2) is 31.6 Å². The second-order valence-electron chi connectivity index (χ2n) is 5.81. The van der Waals surface area contributed by atoms with Gasteiger partial charge in [-0.2, -0.15) is 0 Å². The van der Waals surface area contributed by atoms with E-state index in [0.29, 0.717) is 23.7 Å². The fourth-order valence-electron chi connectivity index (χ4n) is 2.21. The number of hydrogen-bond acceptors (Lipinski definition) is 4. The average Bonchev–Trinajstić information content (AvgIpc) is 2.58. The number of carbonyl (C=O) groups excluding carboxylic acids is 2. The summed E-state index contributed by atoms with van der Waals surface area (Å²) < 4.78 is 10.9. The molecule has 1 aromatic rings. The van der Waals surface area contributed by atoms with Crippen molar-refractivity contribution < 1.29 is 19.1 Å². The zero-order valence-corrected chi connectivity index (χ0v) is 14.9. The lowest BCUT2D eigenvalue weighted by Gasteiger charge is -2.21. The molecule has 0 saturated heterocycles. The number of primary amides is 1. The zero-order valence-electron chi connectivity index (χ0n) is 14.9. The van der Waals surface area contributed by atoms with Crippen LogP contribution in [0.2, 0.25) is 0 Å². The molecule has 0 aliphatic rings. The molecule has 1 aromatic carbocycles. The quantitative estimate of drug-likeness (QED) is 0.642. The Hall–Kier alpha value is -2.24. The van der Waals surface area contributed by atoms with Gasteiger partial charge in [-0.15, -0.1) is 0 Å². The van der Waals surface area contributed by atoms with E-state index in [-0.39, 0.29) is 11.8 Å². The minimum Gasteiger partial charge on any atom is -0.493 e. The number of amides is 2. The molecule has 2 unspecified atom stereocenters. The standard InChI is InChI=1S/C18H28N2O4/c1-5-7-10-24-14-9-8-13(11-15(14)23-4)18(22)20-16(17(19)21)12(3)6-2/h8-9,11-12,16H,5-7,10H2,1-4H3,(H2,19,21)(H,20,22). The summed E-state index contributed by atoms with van der Waals surface area (Å²) in [7, 11) is 1.52. The highest BCUT2D eigenvalue weighted by molar-refractivity contribution is 5.97. The fraction of sp³-hybridized carbons (Fsp3) is 0.556. The second kappa shape index (κ2) is 9.80. The molecule has 0 radical (unpaired) electrons. The van der Waals surface area contributed by atoms with E-state index in [2.05, 4.69) is 12.2 Å². The highest BCUT2D eigenvalue weighted by atomic mass is 16.5. The van der Waals surface area contributed by atoms with Crippen molar-refractivity contribution in [2.45, 2.75) is 46.1 Å². The third kappa shape index (κ3) is 5.44. The molecule has 134 valence electrons. The Kier molecular flexibility index (Phi) is 8.09. The highest BCUT2D eigenvalue weighted by Crippen LogP contribution is 2.28. The van der Waals surface area contributed by atoms with E-state index in [1.807, 2.05) is 13.8 Å². The Bertz CT molecular complexity index is 560. The number of rotatable bonds is 10. The van der Waals surface area contributed by atoms with Crippen molar-refractivity contribution >= 4 is 11.8 Å². The lowest BCUT2D eigenvalue weighted by atomic mass is 9.98. The topological polar surface area (TPSA) is 90.6 Å². The van der Waals surface area contributed by atoms with Gasteiger partial charge in [-0.3, -0.25) is 9.59 Å². The molecule has 0 aliphatic heterocycles. The van der Waals surface area contributed by atoms with Gasteiger partial charge in [0, 0.05) is 5.56 Å². The van der Waals surface area contributed by atoms with Gasteiger partial charge in [-0.25, -0.2) is 0 Å². The van der Waals surface area contributed by atoms with Gasteiger partial charge in [0.15, 0.2) is 11.5 Å². The van der Waals surface area contributed by atoms with Gasteiger partial charge in [-0.1, -0.05) is 33.6 Å². The van der Waals surface area contributed by atoms with Crippen molar-refractivity contribution in [1.29, 1.82) is 0 Å². The monoisotopic (exact) mass is 336 g/mol. The number of unbranched alkanes of at least 4 members (excludes halogenated alkanes) is 1. The SMILES string of the molecule is CCCCOc1ccc(C(=O)NC(C(N)=O)C(C)CC)cc1OC. The van der Waals surface area contributed by atoms with Crippen LogP contribution in [0.1, 0.15) is 50.4 Å². The number of methoxy groups -OCH3 is 1. The molecule has 0 saturated carbocycles. The van der Waals surface area contributed by atoms with Crippen LogP contribution in [0.4, 0.5) is 0 Å². The van der Waals surface area contributed by atoms with Gasteiger partial charge < -0.3 is 20.5 Å². The van der Waals surface area contributed by atoms with Gasteiger partial charge in [0.05, 0.1) is 13.7 Å². The molecule has 0 aromatic heterocycles. The van der Waals surface area contributed by atoms with Crippen LogP contribution < -0.4 is 20.5 Å². The van der Waals surface area contributed by atoms with Gasteiger partial charge in [-0.05, 0) is 30.5 Å². The molecule has 1 rings (SSSR count). The molecule has 0 spiro atoms. The second-order valence-corrected chi connectivity index (χ2v) is 5.81. The molecule has 6 nitrogen and oxygen atoms in total. The van der Waals surface area contributed by atoms with Crippen molar-refractivity contribution in [2.75, 3.05) is 13.7 Å². The minimum atomic E-state index is -0.700. The Balaban J connectivity index is 2.88. The summed E-state index contributed by atoms with van der Waals surface area (Å²) in [6.45, 7) is 6.50. The van der Waals surface area contributed by atoms with E-state index < -0.39 is 11.9 Å². The molecule has 2 atom stereocenters. The number of ether oxygens (including phenoxy) is 2. The summed E-state index contributed by atoms with van der Waals surface area (Å²) in [6.07, 6.45) is 2.72. The largest absolute Gasteiger partial charge is 0.493 e. The first-order chi connectivity index (χ1) is 11.4. The highest BCUT2D eigenvalue weighted by Gasteiger charge is 2.24. The van der Waals surface area contributed by atoms with E-state index in [1.165, 1.54) is 7.11 Å². The van der Waals surface area contributed by atoms with Crippen LogP contribution in [0.15, 0.2) is 18.2 Å². The molecule has 24 heavy (non-hydrogen) atoms. The summed E-state index contributed by atoms with van der Waals surface area (Å²) in [5, 5.41) is 2.70. The number of hydrogen-bond donors (Lipinski definition) is 2. The van der Waals surface area contributed by atoms with Crippen molar-refractivity contribution in [3.8, 4) is 11.5 Å². The predicted molar refractivity (Wildman–Crippen MR) is 93.3 cm³/mol. The van der Waals surface area contributed by atoms with Crippen LogP contribution in [0.5, 0.6) is 11.5 Å². The maximum atomic E-state index is 12.4. The van der Waals surface area contributed by atoms with Gasteiger partial charge >= 0.3 is 0 Å². The zero-order chi connectivity index (χ0) is 18.1. The first-order valence-corrected chi connectivity index (χ1v) is 8.35. The van der Waals surface area contributed by atoms with Crippen LogP contribution in [0, 0.1) is 5.92 Å². The summed E-state index contributed by atoms with van der Waals surface area (Å²) in [6, 6.07) is 4.25. The number of benzene rings is 1. The van der Waals surface area contributed by atoms with E-state index >= 15 is 0 Å².